The summed E-state index contributed by atoms with van der Waals surface area (Å²) in [5, 5.41) is 2.57. The molecular formula is C17H25NO10S. The van der Waals surface area contributed by atoms with Gasteiger partial charge in [-0.2, -0.15) is 0 Å². The molecule has 0 amide bonds. The second kappa shape index (κ2) is 11.5. The first-order chi connectivity index (χ1) is 13.6. The molecule has 12 heteroatoms. The van der Waals surface area contributed by atoms with E-state index in [-0.39, 0.29) is 5.17 Å². The van der Waals surface area contributed by atoms with Crippen LogP contribution in [0.1, 0.15) is 34.1 Å². The lowest BCUT2D eigenvalue weighted by Gasteiger charge is -2.43. The van der Waals surface area contributed by atoms with Crippen LogP contribution in [0.25, 0.3) is 0 Å². The highest BCUT2D eigenvalue weighted by Gasteiger charge is 2.55. The van der Waals surface area contributed by atoms with Gasteiger partial charge in [-0.3, -0.25) is 14.4 Å². The lowest BCUT2D eigenvalue weighted by molar-refractivity contribution is -0.251. The maximum Gasteiger partial charge on any atom is 0.339 e. The number of hydrogen-bond acceptors (Lipinski definition) is 11. The SMILES string of the molecule is CCCOC(=S)N[C@@H]1O[C@H](C(=O)OC)[C@@H](OC(C)=O)[C@H](OC(C)=O)[C@H]1OC(C)=O. The Hall–Kier alpha value is -2.47. The van der Waals surface area contributed by atoms with Gasteiger partial charge in [-0.1, -0.05) is 6.92 Å². The van der Waals surface area contributed by atoms with Crippen LogP contribution in [0.4, 0.5) is 0 Å². The van der Waals surface area contributed by atoms with Crippen LogP contribution in [-0.4, -0.2) is 73.4 Å². The third-order valence-electron chi connectivity index (χ3n) is 3.57. The zero-order valence-corrected chi connectivity index (χ0v) is 17.6. The van der Waals surface area contributed by atoms with Crippen LogP contribution in [0.5, 0.6) is 0 Å². The number of nitrogens with one attached hydrogen (secondary N) is 1. The van der Waals surface area contributed by atoms with Crippen LogP contribution in [0, 0.1) is 0 Å². The normalized spacial score (nSPS) is 25.9. The Balaban J connectivity index is 3.32. The van der Waals surface area contributed by atoms with Gasteiger partial charge >= 0.3 is 23.9 Å². The number of ether oxygens (including phenoxy) is 6. The van der Waals surface area contributed by atoms with Crippen molar-refractivity contribution in [2.45, 2.75) is 64.8 Å². The Bertz CT molecular complexity index is 640. The highest BCUT2D eigenvalue weighted by Crippen LogP contribution is 2.28. The lowest BCUT2D eigenvalue weighted by atomic mass is 9.97. The van der Waals surface area contributed by atoms with Crippen molar-refractivity contribution >= 4 is 41.3 Å². The zero-order chi connectivity index (χ0) is 22.1. The molecule has 0 unspecified atom stereocenters. The van der Waals surface area contributed by atoms with E-state index in [2.05, 4.69) is 5.32 Å². The van der Waals surface area contributed by atoms with Crippen molar-refractivity contribution in [3.8, 4) is 0 Å². The molecule has 1 fully saturated rings. The molecule has 0 aromatic rings. The predicted molar refractivity (Wildman–Crippen MR) is 99.3 cm³/mol. The minimum absolute atomic E-state index is 0.0925. The van der Waals surface area contributed by atoms with Gasteiger partial charge in [0.2, 0.25) is 0 Å². The Labute approximate surface area is 173 Å². The highest BCUT2D eigenvalue weighted by atomic mass is 32.1. The summed E-state index contributed by atoms with van der Waals surface area (Å²) < 4.78 is 31.2. The Morgan fingerprint density at radius 3 is 1.93 bits per heavy atom. The van der Waals surface area contributed by atoms with Crippen LogP contribution < -0.4 is 5.32 Å². The smallest absolute Gasteiger partial charge is 0.339 e. The number of hydrogen-bond donors (Lipinski definition) is 1. The molecule has 1 heterocycles. The molecule has 0 spiro atoms. The van der Waals surface area contributed by atoms with E-state index in [1.807, 2.05) is 6.92 Å². The van der Waals surface area contributed by atoms with E-state index in [9.17, 15) is 19.2 Å². The van der Waals surface area contributed by atoms with Crippen molar-refractivity contribution in [1.29, 1.82) is 0 Å². The number of carbonyl (C=O) groups is 4. The van der Waals surface area contributed by atoms with E-state index in [4.69, 9.17) is 40.6 Å². The van der Waals surface area contributed by atoms with Crippen LogP contribution in [0.2, 0.25) is 0 Å². The Kier molecular flexibility index (Phi) is 9.75. The number of methoxy groups -OCH3 is 1. The van der Waals surface area contributed by atoms with Crippen LogP contribution in [0.3, 0.4) is 0 Å². The minimum atomic E-state index is -1.49. The van der Waals surface area contributed by atoms with Crippen LogP contribution >= 0.6 is 12.2 Å². The fraction of sp³-hybridized carbons (Fsp3) is 0.706. The third kappa shape index (κ3) is 7.46. The summed E-state index contributed by atoms with van der Waals surface area (Å²) >= 11 is 5.06. The maximum atomic E-state index is 12.2. The standard InChI is InChI=1S/C17H25NO10S/c1-6-7-24-17(29)18-15-13(27-10(4)21)11(25-8(2)19)12(26-9(3)20)14(28-15)16(22)23-5/h11-15H,6-7H2,1-5H3,(H,18,29)/t11-,12-,13+,14-,15+/m0/s1. The largest absolute Gasteiger partial charge is 0.471 e. The van der Waals surface area contributed by atoms with Gasteiger partial charge in [0.1, 0.15) is 0 Å². The van der Waals surface area contributed by atoms with E-state index < -0.39 is 54.5 Å². The first-order valence-electron chi connectivity index (χ1n) is 8.78. The fourth-order valence-corrected chi connectivity index (χ4v) is 2.79. The van der Waals surface area contributed by atoms with E-state index >= 15 is 0 Å². The van der Waals surface area contributed by atoms with Crippen molar-refractivity contribution in [3.05, 3.63) is 0 Å². The summed E-state index contributed by atoms with van der Waals surface area (Å²) in [6, 6.07) is 0. The maximum absolute atomic E-state index is 12.2. The van der Waals surface area contributed by atoms with Gasteiger partial charge in [0.25, 0.3) is 5.17 Å². The molecule has 0 aliphatic carbocycles. The summed E-state index contributed by atoms with van der Waals surface area (Å²) in [4.78, 5) is 47.1. The Morgan fingerprint density at radius 2 is 1.45 bits per heavy atom. The van der Waals surface area contributed by atoms with Gasteiger partial charge in [-0.05, 0) is 18.6 Å². The van der Waals surface area contributed by atoms with E-state index in [1.54, 1.807) is 0 Å². The van der Waals surface area contributed by atoms with Crippen LogP contribution in [-0.2, 0) is 47.6 Å². The summed E-state index contributed by atoms with van der Waals surface area (Å²) in [6.45, 7) is 5.50. The van der Waals surface area contributed by atoms with Crippen molar-refractivity contribution < 1.29 is 47.6 Å². The molecule has 29 heavy (non-hydrogen) atoms. The molecule has 0 radical (unpaired) electrons. The average Bonchev–Trinajstić information content (AvgIpc) is 2.62. The number of rotatable bonds is 7. The molecular weight excluding hydrogens is 410 g/mol. The second-order valence-corrected chi connectivity index (χ2v) is 6.37. The number of thiocarbonyl (C=S) groups is 1. The van der Waals surface area contributed by atoms with Crippen molar-refractivity contribution in [1.82, 2.24) is 5.32 Å². The van der Waals surface area contributed by atoms with Gasteiger partial charge < -0.3 is 33.7 Å². The van der Waals surface area contributed by atoms with E-state index in [0.717, 1.165) is 27.9 Å². The zero-order valence-electron chi connectivity index (χ0n) is 16.8. The molecule has 164 valence electrons. The predicted octanol–water partition coefficient (Wildman–Crippen LogP) is -0.0195. The molecule has 0 aromatic carbocycles. The molecule has 0 aromatic heterocycles. The summed E-state index contributed by atoms with van der Waals surface area (Å²) in [5.41, 5.74) is 0. The fourth-order valence-electron chi connectivity index (χ4n) is 2.59. The second-order valence-electron chi connectivity index (χ2n) is 6.00. The van der Waals surface area contributed by atoms with Gasteiger partial charge in [0, 0.05) is 20.8 Å². The molecule has 5 atom stereocenters. The number of esters is 4. The first kappa shape index (κ1) is 24.6. The van der Waals surface area contributed by atoms with Gasteiger partial charge in [-0.15, -0.1) is 0 Å². The van der Waals surface area contributed by atoms with Crippen LogP contribution in [0.15, 0.2) is 0 Å². The van der Waals surface area contributed by atoms with Gasteiger partial charge in [0.05, 0.1) is 13.7 Å². The summed E-state index contributed by atoms with van der Waals surface area (Å²) in [6.07, 6.45) is -6.21. The average molecular weight is 435 g/mol. The molecule has 1 aliphatic rings. The number of carbonyl (C=O) groups excluding carboxylic acids is 4. The van der Waals surface area contributed by atoms with Gasteiger partial charge in [0.15, 0.2) is 30.6 Å². The molecule has 0 bridgehead atoms. The molecule has 1 rings (SSSR count). The summed E-state index contributed by atoms with van der Waals surface area (Å²) in [5.74, 6) is -3.18. The molecule has 0 saturated carbocycles. The highest BCUT2D eigenvalue weighted by molar-refractivity contribution is 7.80. The molecule has 1 aliphatic heterocycles. The Morgan fingerprint density at radius 1 is 0.931 bits per heavy atom. The van der Waals surface area contributed by atoms with Crippen molar-refractivity contribution in [3.63, 3.8) is 0 Å². The first-order valence-corrected chi connectivity index (χ1v) is 9.19. The quantitative estimate of drug-likeness (QED) is 0.327. The molecule has 1 saturated heterocycles. The van der Waals surface area contributed by atoms with Crippen molar-refractivity contribution in [2.75, 3.05) is 13.7 Å². The minimum Gasteiger partial charge on any atom is -0.471 e. The molecule has 1 N–H and O–H groups in total. The third-order valence-corrected chi connectivity index (χ3v) is 3.81. The molecule has 11 nitrogen and oxygen atoms in total. The summed E-state index contributed by atoms with van der Waals surface area (Å²) in [7, 11) is 1.10. The monoisotopic (exact) mass is 435 g/mol. The van der Waals surface area contributed by atoms with Crippen molar-refractivity contribution in [2.24, 2.45) is 0 Å². The van der Waals surface area contributed by atoms with E-state index in [1.165, 1.54) is 0 Å². The van der Waals surface area contributed by atoms with Gasteiger partial charge in [-0.25, -0.2) is 4.79 Å². The lowest BCUT2D eigenvalue weighted by Crippen LogP contribution is -2.67. The van der Waals surface area contributed by atoms with E-state index in [0.29, 0.717) is 13.0 Å². The topological polar surface area (TPSA) is 136 Å².